The largest absolute Gasteiger partial charge is 0.496 e. The number of carbonyl (C=O) groups is 1. The maximum absolute atomic E-state index is 10.9. The van der Waals surface area contributed by atoms with Crippen molar-refractivity contribution in [3.63, 3.8) is 0 Å². The Labute approximate surface area is 127 Å². The molecule has 0 aliphatic rings. The van der Waals surface area contributed by atoms with Crippen LogP contribution in [0.25, 0.3) is 22.4 Å². The summed E-state index contributed by atoms with van der Waals surface area (Å²) in [5.74, 6) is -0.278. The van der Waals surface area contributed by atoms with Crippen molar-refractivity contribution in [3.05, 3.63) is 60.3 Å². The van der Waals surface area contributed by atoms with Crippen LogP contribution in [0.3, 0.4) is 0 Å². The zero-order chi connectivity index (χ0) is 15.5. The smallest absolute Gasteiger partial charge is 0.353 e. The van der Waals surface area contributed by atoms with Gasteiger partial charge in [-0.3, -0.25) is 5.10 Å². The Morgan fingerprint density at radius 3 is 2.50 bits per heavy atom. The van der Waals surface area contributed by atoms with E-state index in [0.29, 0.717) is 5.69 Å². The Bertz CT molecular complexity index is 810. The molecule has 110 valence electrons. The second-order valence-electron chi connectivity index (χ2n) is 4.75. The molecule has 0 fully saturated rings. The summed E-state index contributed by atoms with van der Waals surface area (Å²) in [6.07, 6.45) is 0. The predicted molar refractivity (Wildman–Crippen MR) is 83.0 cm³/mol. The van der Waals surface area contributed by atoms with Gasteiger partial charge in [0.2, 0.25) is 0 Å². The van der Waals surface area contributed by atoms with Gasteiger partial charge in [-0.25, -0.2) is 4.79 Å². The first-order valence-electron chi connectivity index (χ1n) is 6.71. The highest BCUT2D eigenvalue weighted by molar-refractivity contribution is 5.87. The van der Waals surface area contributed by atoms with E-state index in [2.05, 4.69) is 10.2 Å². The number of aromatic carboxylic acids is 1. The monoisotopic (exact) mass is 294 g/mol. The summed E-state index contributed by atoms with van der Waals surface area (Å²) < 4.78 is 5.41. The van der Waals surface area contributed by atoms with Crippen molar-refractivity contribution in [1.82, 2.24) is 10.2 Å². The lowest BCUT2D eigenvalue weighted by atomic mass is 10.0. The molecular weight excluding hydrogens is 280 g/mol. The van der Waals surface area contributed by atoms with E-state index < -0.39 is 5.97 Å². The Morgan fingerprint density at radius 1 is 1.09 bits per heavy atom. The van der Waals surface area contributed by atoms with Crippen molar-refractivity contribution < 1.29 is 14.6 Å². The highest BCUT2D eigenvalue weighted by Gasteiger charge is 2.12. The Hall–Kier alpha value is -3.08. The van der Waals surface area contributed by atoms with E-state index in [-0.39, 0.29) is 5.69 Å². The van der Waals surface area contributed by atoms with E-state index in [0.717, 1.165) is 22.4 Å². The van der Waals surface area contributed by atoms with Crippen LogP contribution in [-0.4, -0.2) is 28.4 Å². The highest BCUT2D eigenvalue weighted by atomic mass is 16.5. The minimum atomic E-state index is -1.03. The molecule has 2 N–H and O–H groups in total. The lowest BCUT2D eigenvalue weighted by Crippen LogP contribution is -1.95. The number of aromatic amines is 1. The van der Waals surface area contributed by atoms with E-state index >= 15 is 0 Å². The quantitative estimate of drug-likeness (QED) is 0.772. The van der Waals surface area contributed by atoms with Crippen LogP contribution in [0.5, 0.6) is 5.75 Å². The average Bonchev–Trinajstić information content (AvgIpc) is 3.05. The topological polar surface area (TPSA) is 75.2 Å². The molecule has 5 nitrogen and oxygen atoms in total. The lowest BCUT2D eigenvalue weighted by Gasteiger charge is -2.10. The number of hydrogen-bond acceptors (Lipinski definition) is 3. The number of nitrogens with one attached hydrogen (secondary N) is 1. The molecule has 3 rings (SSSR count). The summed E-state index contributed by atoms with van der Waals surface area (Å²) in [4.78, 5) is 10.9. The van der Waals surface area contributed by atoms with Crippen molar-refractivity contribution >= 4 is 5.97 Å². The number of ether oxygens (including phenoxy) is 1. The lowest BCUT2D eigenvalue weighted by molar-refractivity contribution is 0.0690. The zero-order valence-electron chi connectivity index (χ0n) is 11.9. The Kier molecular flexibility index (Phi) is 3.62. The standard InChI is InChI=1S/C17H14N2O3/c1-22-16-8-7-12(14-10-15(17(20)21)19-18-14)9-13(16)11-5-3-2-4-6-11/h2-10H,1H3,(H,18,19)(H,20,21). The first kappa shape index (κ1) is 13.9. The second kappa shape index (κ2) is 5.73. The maximum Gasteiger partial charge on any atom is 0.353 e. The van der Waals surface area contributed by atoms with Crippen molar-refractivity contribution in [2.24, 2.45) is 0 Å². The second-order valence-corrected chi connectivity index (χ2v) is 4.75. The van der Waals surface area contributed by atoms with E-state index in [9.17, 15) is 4.79 Å². The first-order chi connectivity index (χ1) is 10.7. The third-order valence-corrected chi connectivity index (χ3v) is 3.39. The zero-order valence-corrected chi connectivity index (χ0v) is 11.9. The molecular formula is C17H14N2O3. The molecule has 0 atom stereocenters. The van der Waals surface area contributed by atoms with Crippen LogP contribution in [0.4, 0.5) is 0 Å². The van der Waals surface area contributed by atoms with Crippen molar-refractivity contribution in [1.29, 1.82) is 0 Å². The molecule has 2 aromatic carbocycles. The van der Waals surface area contributed by atoms with Crippen LogP contribution in [0.2, 0.25) is 0 Å². The van der Waals surface area contributed by atoms with Gasteiger partial charge < -0.3 is 9.84 Å². The van der Waals surface area contributed by atoms with Gasteiger partial charge in [-0.1, -0.05) is 30.3 Å². The SMILES string of the molecule is COc1ccc(-c2cc(C(=O)O)[nH]n2)cc1-c1ccccc1. The number of hydrogen-bond donors (Lipinski definition) is 2. The fraction of sp³-hybridized carbons (Fsp3) is 0.0588. The number of benzene rings is 2. The van der Waals surface area contributed by atoms with Crippen LogP contribution < -0.4 is 4.74 Å². The molecule has 0 aliphatic carbocycles. The molecule has 22 heavy (non-hydrogen) atoms. The molecule has 0 radical (unpaired) electrons. The number of carboxylic acids is 1. The summed E-state index contributed by atoms with van der Waals surface area (Å²) in [5, 5.41) is 15.5. The van der Waals surface area contributed by atoms with Gasteiger partial charge in [0.1, 0.15) is 11.4 Å². The molecule has 0 bridgehead atoms. The number of rotatable bonds is 4. The Morgan fingerprint density at radius 2 is 1.86 bits per heavy atom. The predicted octanol–water partition coefficient (Wildman–Crippen LogP) is 3.45. The van der Waals surface area contributed by atoms with Crippen molar-refractivity contribution in [2.45, 2.75) is 0 Å². The van der Waals surface area contributed by atoms with Crippen LogP contribution in [0, 0.1) is 0 Å². The highest BCUT2D eigenvalue weighted by Crippen LogP contribution is 2.33. The molecule has 1 aromatic heterocycles. The number of carboxylic acid groups (broad SMARTS) is 1. The number of nitrogens with zero attached hydrogens (tertiary/aromatic N) is 1. The summed E-state index contributed by atoms with van der Waals surface area (Å²) in [5.41, 5.74) is 3.42. The molecule has 0 saturated heterocycles. The van der Waals surface area contributed by atoms with Gasteiger partial charge in [0, 0.05) is 11.1 Å². The van der Waals surface area contributed by atoms with Gasteiger partial charge in [0.05, 0.1) is 12.8 Å². The number of methoxy groups -OCH3 is 1. The molecule has 0 saturated carbocycles. The minimum Gasteiger partial charge on any atom is -0.496 e. The molecule has 5 heteroatoms. The van der Waals surface area contributed by atoms with Crippen LogP contribution in [0.1, 0.15) is 10.5 Å². The van der Waals surface area contributed by atoms with Crippen molar-refractivity contribution in [2.75, 3.05) is 7.11 Å². The molecule has 0 unspecified atom stereocenters. The third kappa shape index (κ3) is 2.56. The van der Waals surface area contributed by atoms with Crippen LogP contribution >= 0.6 is 0 Å². The van der Waals surface area contributed by atoms with Gasteiger partial charge >= 0.3 is 5.97 Å². The number of aromatic nitrogens is 2. The summed E-state index contributed by atoms with van der Waals surface area (Å²) in [6.45, 7) is 0. The summed E-state index contributed by atoms with van der Waals surface area (Å²) >= 11 is 0. The first-order valence-corrected chi connectivity index (χ1v) is 6.71. The van der Waals surface area contributed by atoms with Crippen LogP contribution in [0.15, 0.2) is 54.6 Å². The molecule has 0 aliphatic heterocycles. The molecule has 0 spiro atoms. The van der Waals surface area contributed by atoms with Gasteiger partial charge in [-0.05, 0) is 29.8 Å². The number of H-pyrrole nitrogens is 1. The summed E-state index contributed by atoms with van der Waals surface area (Å²) in [6, 6.07) is 17.0. The summed E-state index contributed by atoms with van der Waals surface area (Å²) in [7, 11) is 1.62. The van der Waals surface area contributed by atoms with E-state index in [1.54, 1.807) is 7.11 Å². The van der Waals surface area contributed by atoms with Gasteiger partial charge in [-0.15, -0.1) is 0 Å². The van der Waals surface area contributed by atoms with E-state index in [1.807, 2.05) is 48.5 Å². The molecule has 1 heterocycles. The van der Waals surface area contributed by atoms with E-state index in [1.165, 1.54) is 6.07 Å². The average molecular weight is 294 g/mol. The molecule has 3 aromatic rings. The third-order valence-electron chi connectivity index (χ3n) is 3.39. The van der Waals surface area contributed by atoms with Gasteiger partial charge in [0.25, 0.3) is 0 Å². The van der Waals surface area contributed by atoms with Crippen LogP contribution in [-0.2, 0) is 0 Å². The van der Waals surface area contributed by atoms with Gasteiger partial charge in [0.15, 0.2) is 0 Å². The Balaban J connectivity index is 2.08. The van der Waals surface area contributed by atoms with Crippen molar-refractivity contribution in [3.8, 4) is 28.1 Å². The normalized spacial score (nSPS) is 10.4. The molecule has 0 amide bonds. The fourth-order valence-corrected chi connectivity index (χ4v) is 2.29. The van der Waals surface area contributed by atoms with E-state index in [4.69, 9.17) is 9.84 Å². The fourth-order valence-electron chi connectivity index (χ4n) is 2.29. The minimum absolute atomic E-state index is 0.0621. The van der Waals surface area contributed by atoms with Gasteiger partial charge in [-0.2, -0.15) is 5.10 Å². The maximum atomic E-state index is 10.9.